The lowest BCUT2D eigenvalue weighted by Crippen LogP contribution is -2.08. The number of hydrogen-bond donors (Lipinski definition) is 0. The number of benzene rings is 6. The van der Waals surface area contributed by atoms with E-state index in [-0.39, 0.29) is 5.56 Å². The molecule has 2 aromatic heterocycles. The SMILES string of the molecule is O=c1cc(-c2ccccc2)n2c(n1)sc1cc(-c3ccc(-c4ccccc4)cc3)c(-c3ccc(-c4ccccc4)cc3)cc12. The predicted molar refractivity (Wildman–Crippen MR) is 184 cm³/mol. The molecule has 0 atom stereocenters. The second-order valence-electron chi connectivity index (χ2n) is 10.8. The summed E-state index contributed by atoms with van der Waals surface area (Å²) in [5.41, 5.74) is 11.9. The van der Waals surface area contributed by atoms with Gasteiger partial charge in [-0.1, -0.05) is 151 Å². The van der Waals surface area contributed by atoms with Crippen molar-refractivity contribution in [2.45, 2.75) is 0 Å². The molecular weight excluding hydrogens is 557 g/mol. The Morgan fingerprint density at radius 2 is 0.886 bits per heavy atom. The molecule has 0 saturated heterocycles. The Balaban J connectivity index is 1.35. The summed E-state index contributed by atoms with van der Waals surface area (Å²) >= 11 is 1.55. The summed E-state index contributed by atoms with van der Waals surface area (Å²) in [6.45, 7) is 0. The first-order valence-electron chi connectivity index (χ1n) is 14.6. The van der Waals surface area contributed by atoms with Crippen LogP contribution in [0, 0.1) is 0 Å². The van der Waals surface area contributed by atoms with Crippen molar-refractivity contribution in [3.63, 3.8) is 0 Å². The molecular formula is C40H26N2OS. The summed E-state index contributed by atoms with van der Waals surface area (Å²) in [6.07, 6.45) is 0. The molecule has 2 heterocycles. The number of thiazole rings is 1. The zero-order valence-electron chi connectivity index (χ0n) is 23.7. The Bertz CT molecular complexity index is 2310. The summed E-state index contributed by atoms with van der Waals surface area (Å²) in [5, 5.41) is 0. The molecule has 0 N–H and O–H groups in total. The monoisotopic (exact) mass is 582 g/mol. The Morgan fingerprint density at radius 1 is 0.455 bits per heavy atom. The number of rotatable bonds is 5. The van der Waals surface area contributed by atoms with E-state index in [0.717, 1.165) is 43.7 Å². The largest absolute Gasteiger partial charge is 0.284 e. The van der Waals surface area contributed by atoms with Crippen LogP contribution >= 0.6 is 11.3 Å². The minimum atomic E-state index is -0.233. The summed E-state index contributed by atoms with van der Waals surface area (Å²) in [6, 6.07) is 54.7. The van der Waals surface area contributed by atoms with Gasteiger partial charge in [-0.15, -0.1) is 0 Å². The molecule has 6 aromatic carbocycles. The van der Waals surface area contributed by atoms with Crippen molar-refractivity contribution in [2.75, 3.05) is 0 Å². The van der Waals surface area contributed by atoms with E-state index in [4.69, 9.17) is 0 Å². The van der Waals surface area contributed by atoms with E-state index in [1.807, 2.05) is 42.5 Å². The molecule has 0 aliphatic carbocycles. The molecule has 3 nitrogen and oxygen atoms in total. The van der Waals surface area contributed by atoms with Gasteiger partial charge in [-0.05, 0) is 62.2 Å². The molecule has 0 unspecified atom stereocenters. The lowest BCUT2D eigenvalue weighted by Gasteiger charge is -2.14. The molecule has 0 radical (unpaired) electrons. The lowest BCUT2D eigenvalue weighted by atomic mass is 9.92. The molecule has 0 saturated carbocycles. The van der Waals surface area contributed by atoms with Gasteiger partial charge in [-0.25, -0.2) is 0 Å². The third-order valence-electron chi connectivity index (χ3n) is 8.12. The first kappa shape index (κ1) is 26.1. The van der Waals surface area contributed by atoms with Gasteiger partial charge in [0.25, 0.3) is 5.56 Å². The molecule has 0 fully saturated rings. The van der Waals surface area contributed by atoms with Crippen molar-refractivity contribution in [2.24, 2.45) is 0 Å². The molecule has 0 amide bonds. The Hall–Kier alpha value is -5.58. The van der Waals surface area contributed by atoms with E-state index in [1.54, 1.807) is 17.4 Å². The fraction of sp³-hybridized carbons (Fsp3) is 0. The molecule has 8 rings (SSSR count). The van der Waals surface area contributed by atoms with Crippen molar-refractivity contribution < 1.29 is 0 Å². The highest BCUT2D eigenvalue weighted by Crippen LogP contribution is 2.40. The van der Waals surface area contributed by atoms with Gasteiger partial charge in [0.2, 0.25) is 0 Å². The van der Waals surface area contributed by atoms with E-state index in [0.29, 0.717) is 4.96 Å². The average Bonchev–Trinajstić information content (AvgIpc) is 3.46. The predicted octanol–water partition coefficient (Wildman–Crippen LogP) is 10.2. The van der Waals surface area contributed by atoms with E-state index in [1.165, 1.54) is 22.3 Å². The molecule has 208 valence electrons. The molecule has 44 heavy (non-hydrogen) atoms. The molecule has 4 heteroatoms. The summed E-state index contributed by atoms with van der Waals surface area (Å²) in [4.78, 5) is 17.8. The van der Waals surface area contributed by atoms with Gasteiger partial charge >= 0.3 is 0 Å². The van der Waals surface area contributed by atoms with Crippen LogP contribution in [0.5, 0.6) is 0 Å². The van der Waals surface area contributed by atoms with Crippen LogP contribution in [-0.2, 0) is 0 Å². The van der Waals surface area contributed by atoms with Crippen LogP contribution in [0.3, 0.4) is 0 Å². The summed E-state index contributed by atoms with van der Waals surface area (Å²) in [5.74, 6) is 0. The quantitative estimate of drug-likeness (QED) is 0.202. The summed E-state index contributed by atoms with van der Waals surface area (Å²) in [7, 11) is 0. The number of nitrogens with zero attached hydrogens (tertiary/aromatic N) is 2. The Labute approximate surface area is 259 Å². The van der Waals surface area contributed by atoms with Crippen LogP contribution in [0.4, 0.5) is 0 Å². The van der Waals surface area contributed by atoms with Crippen molar-refractivity contribution in [3.05, 3.63) is 168 Å². The van der Waals surface area contributed by atoms with Gasteiger partial charge in [0, 0.05) is 6.07 Å². The van der Waals surface area contributed by atoms with Crippen molar-refractivity contribution >= 4 is 26.5 Å². The third-order valence-corrected chi connectivity index (χ3v) is 9.12. The molecule has 0 bridgehead atoms. The second-order valence-corrected chi connectivity index (χ2v) is 11.8. The van der Waals surface area contributed by atoms with Crippen LogP contribution < -0.4 is 5.56 Å². The van der Waals surface area contributed by atoms with Gasteiger partial charge in [-0.2, -0.15) is 4.98 Å². The van der Waals surface area contributed by atoms with Crippen molar-refractivity contribution in [1.82, 2.24) is 9.38 Å². The zero-order valence-corrected chi connectivity index (χ0v) is 24.5. The van der Waals surface area contributed by atoms with Gasteiger partial charge in [-0.3, -0.25) is 9.20 Å². The van der Waals surface area contributed by atoms with Crippen LogP contribution in [0.2, 0.25) is 0 Å². The zero-order chi connectivity index (χ0) is 29.5. The normalized spacial score (nSPS) is 11.3. The van der Waals surface area contributed by atoms with Gasteiger partial charge in [0.05, 0.1) is 15.9 Å². The van der Waals surface area contributed by atoms with Crippen molar-refractivity contribution in [3.8, 4) is 55.8 Å². The standard InChI is InChI=1S/C40H26N2OS/c43-39-26-36(33-14-8-3-9-15-33)42-37-24-34(31-20-16-29(17-21-31)27-10-4-1-5-11-27)35(25-38(37)44-40(42)41-39)32-22-18-30(19-23-32)28-12-6-2-7-13-28/h1-26H. The fourth-order valence-electron chi connectivity index (χ4n) is 5.93. The maximum absolute atomic E-state index is 12.7. The van der Waals surface area contributed by atoms with Crippen LogP contribution in [0.1, 0.15) is 0 Å². The minimum Gasteiger partial charge on any atom is -0.284 e. The first-order valence-corrected chi connectivity index (χ1v) is 15.4. The minimum absolute atomic E-state index is 0.233. The van der Waals surface area contributed by atoms with Gasteiger partial charge in [0.15, 0.2) is 4.96 Å². The maximum atomic E-state index is 12.7. The first-order chi connectivity index (χ1) is 21.7. The van der Waals surface area contributed by atoms with Crippen LogP contribution in [-0.4, -0.2) is 9.38 Å². The summed E-state index contributed by atoms with van der Waals surface area (Å²) < 4.78 is 3.20. The van der Waals surface area contributed by atoms with E-state index in [2.05, 4.69) is 119 Å². The average molecular weight is 583 g/mol. The van der Waals surface area contributed by atoms with Gasteiger partial charge < -0.3 is 0 Å². The molecule has 0 spiro atoms. The molecule has 8 aromatic rings. The highest BCUT2D eigenvalue weighted by atomic mass is 32.1. The molecule has 0 aliphatic rings. The van der Waals surface area contributed by atoms with Crippen LogP contribution in [0.15, 0.2) is 163 Å². The molecule has 0 aliphatic heterocycles. The van der Waals surface area contributed by atoms with E-state index < -0.39 is 0 Å². The highest BCUT2D eigenvalue weighted by Gasteiger charge is 2.17. The smallest absolute Gasteiger partial charge is 0.274 e. The topological polar surface area (TPSA) is 34.4 Å². The third kappa shape index (κ3) is 4.72. The number of aromatic nitrogens is 2. The van der Waals surface area contributed by atoms with E-state index >= 15 is 0 Å². The Kier molecular flexibility index (Phi) is 6.47. The second kappa shape index (κ2) is 10.9. The number of hydrogen-bond acceptors (Lipinski definition) is 3. The Morgan fingerprint density at radius 3 is 1.41 bits per heavy atom. The van der Waals surface area contributed by atoms with Gasteiger partial charge in [0.1, 0.15) is 0 Å². The highest BCUT2D eigenvalue weighted by molar-refractivity contribution is 7.23. The number of fused-ring (bicyclic) bond motifs is 3. The fourth-order valence-corrected chi connectivity index (χ4v) is 6.98. The van der Waals surface area contributed by atoms with Crippen LogP contribution in [0.25, 0.3) is 70.9 Å². The van der Waals surface area contributed by atoms with Crippen molar-refractivity contribution in [1.29, 1.82) is 0 Å². The maximum Gasteiger partial charge on any atom is 0.274 e. The lowest BCUT2D eigenvalue weighted by molar-refractivity contribution is 1.15. The van der Waals surface area contributed by atoms with E-state index in [9.17, 15) is 4.79 Å².